The maximum Gasteiger partial charge on any atom is 0.326 e. The molecule has 1 aromatic carbocycles. The van der Waals surface area contributed by atoms with Gasteiger partial charge in [-0.1, -0.05) is 18.2 Å². The van der Waals surface area contributed by atoms with Crippen LogP contribution in [0, 0.1) is 5.82 Å². The molecule has 0 aliphatic heterocycles. The summed E-state index contributed by atoms with van der Waals surface area (Å²) in [5, 5.41) is 8.92. The van der Waals surface area contributed by atoms with Crippen molar-refractivity contribution in [2.24, 2.45) is 0 Å². The normalized spacial score (nSPS) is 12.9. The summed E-state index contributed by atoms with van der Waals surface area (Å²) in [5.41, 5.74) is -0.867. The van der Waals surface area contributed by atoms with Gasteiger partial charge < -0.3 is 10.0 Å². The number of likely N-dealkylation sites (N-methyl/N-ethyl adjacent to an activating group) is 1. The number of carboxylic acids is 1. The van der Waals surface area contributed by atoms with Gasteiger partial charge in [-0.05, 0) is 26.8 Å². The first kappa shape index (κ1) is 15.1. The number of nitrogens with zero attached hydrogens (tertiary/aromatic N) is 1. The van der Waals surface area contributed by atoms with Crippen molar-refractivity contribution in [3.63, 3.8) is 0 Å². The van der Waals surface area contributed by atoms with Crippen molar-refractivity contribution in [2.75, 3.05) is 7.05 Å². The van der Waals surface area contributed by atoms with E-state index in [4.69, 9.17) is 5.11 Å². The Balaban J connectivity index is 3.10. The molecule has 0 aromatic heterocycles. The average Bonchev–Trinajstić information content (AvgIpc) is 2.36. The van der Waals surface area contributed by atoms with E-state index in [2.05, 4.69) is 0 Å². The van der Waals surface area contributed by atoms with Gasteiger partial charge in [-0.3, -0.25) is 4.79 Å². The summed E-state index contributed by atoms with van der Waals surface area (Å²) in [6, 6.07) is 5.05. The molecule has 5 heteroatoms. The van der Waals surface area contributed by atoms with E-state index in [1.54, 1.807) is 26.0 Å². The number of rotatable bonds is 4. The van der Waals surface area contributed by atoms with Crippen LogP contribution in [0.1, 0.15) is 26.3 Å². The zero-order chi connectivity index (χ0) is 14.8. The SMILES string of the molecule is CC(C(=O)O)N(C)C(=O)C(C)(C)c1ccccc1F. The largest absolute Gasteiger partial charge is 0.480 e. The van der Waals surface area contributed by atoms with Crippen LogP contribution in [0.15, 0.2) is 24.3 Å². The lowest BCUT2D eigenvalue weighted by atomic mass is 9.82. The quantitative estimate of drug-likeness (QED) is 0.908. The minimum absolute atomic E-state index is 0.254. The van der Waals surface area contributed by atoms with Crippen LogP contribution in [-0.2, 0) is 15.0 Å². The summed E-state index contributed by atoms with van der Waals surface area (Å²) in [6.45, 7) is 4.58. The molecule has 1 rings (SSSR count). The predicted molar refractivity (Wildman–Crippen MR) is 69.3 cm³/mol. The van der Waals surface area contributed by atoms with Gasteiger partial charge in [-0.25, -0.2) is 9.18 Å². The van der Waals surface area contributed by atoms with Crippen LogP contribution in [0.5, 0.6) is 0 Å². The van der Waals surface area contributed by atoms with Crippen LogP contribution >= 0.6 is 0 Å². The van der Waals surface area contributed by atoms with E-state index in [0.29, 0.717) is 0 Å². The third kappa shape index (κ3) is 2.92. The Morgan fingerprint density at radius 3 is 2.32 bits per heavy atom. The highest BCUT2D eigenvalue weighted by atomic mass is 19.1. The maximum atomic E-state index is 13.8. The van der Waals surface area contributed by atoms with Gasteiger partial charge in [0, 0.05) is 12.6 Å². The molecule has 1 aromatic rings. The molecular weight excluding hydrogens is 249 g/mol. The minimum atomic E-state index is -1.12. The number of hydrogen-bond acceptors (Lipinski definition) is 2. The standard InChI is InChI=1S/C14H18FNO3/c1-9(12(17)18)16(4)13(19)14(2,3)10-7-5-6-8-11(10)15/h5-9H,1-4H3,(H,17,18). The lowest BCUT2D eigenvalue weighted by Gasteiger charge is -2.32. The molecule has 104 valence electrons. The number of halogens is 1. The van der Waals surface area contributed by atoms with Gasteiger partial charge in [-0.2, -0.15) is 0 Å². The van der Waals surface area contributed by atoms with Crippen LogP contribution in [0.4, 0.5) is 4.39 Å². The van der Waals surface area contributed by atoms with Crippen molar-refractivity contribution < 1.29 is 19.1 Å². The van der Waals surface area contributed by atoms with E-state index in [-0.39, 0.29) is 5.56 Å². The molecule has 1 amide bonds. The van der Waals surface area contributed by atoms with E-state index < -0.39 is 29.2 Å². The number of carboxylic acid groups (broad SMARTS) is 1. The maximum absolute atomic E-state index is 13.8. The summed E-state index contributed by atoms with van der Waals surface area (Å²) in [6.07, 6.45) is 0. The third-order valence-electron chi connectivity index (χ3n) is 3.34. The number of carbonyl (C=O) groups excluding carboxylic acids is 1. The van der Waals surface area contributed by atoms with Gasteiger partial charge >= 0.3 is 5.97 Å². The Morgan fingerprint density at radius 1 is 1.32 bits per heavy atom. The number of amides is 1. The van der Waals surface area contributed by atoms with Gasteiger partial charge in [0.2, 0.25) is 5.91 Å². The van der Waals surface area contributed by atoms with Crippen molar-refractivity contribution >= 4 is 11.9 Å². The predicted octanol–water partition coefficient (Wildman–Crippen LogP) is 2.03. The molecule has 19 heavy (non-hydrogen) atoms. The highest BCUT2D eigenvalue weighted by Gasteiger charge is 2.37. The molecule has 0 saturated carbocycles. The zero-order valence-electron chi connectivity index (χ0n) is 11.5. The van der Waals surface area contributed by atoms with Gasteiger partial charge in [0.05, 0.1) is 5.41 Å². The van der Waals surface area contributed by atoms with Crippen LogP contribution in [0.2, 0.25) is 0 Å². The van der Waals surface area contributed by atoms with Gasteiger partial charge in [0.15, 0.2) is 0 Å². The molecule has 0 spiro atoms. The molecular formula is C14H18FNO3. The average molecular weight is 267 g/mol. The number of hydrogen-bond donors (Lipinski definition) is 1. The topological polar surface area (TPSA) is 57.6 Å². The zero-order valence-corrected chi connectivity index (χ0v) is 11.5. The fourth-order valence-electron chi connectivity index (χ4n) is 1.87. The fraction of sp³-hybridized carbons (Fsp3) is 0.429. The second kappa shape index (κ2) is 5.38. The highest BCUT2D eigenvalue weighted by molar-refractivity contribution is 5.90. The molecule has 0 radical (unpaired) electrons. The monoisotopic (exact) mass is 267 g/mol. The molecule has 1 unspecified atom stereocenters. The molecule has 1 atom stereocenters. The van der Waals surface area contributed by atoms with E-state index in [1.165, 1.54) is 26.1 Å². The van der Waals surface area contributed by atoms with Gasteiger partial charge in [0.1, 0.15) is 11.9 Å². The first-order valence-corrected chi connectivity index (χ1v) is 5.94. The Hall–Kier alpha value is -1.91. The van der Waals surface area contributed by atoms with Gasteiger partial charge in [-0.15, -0.1) is 0 Å². The van der Waals surface area contributed by atoms with E-state index >= 15 is 0 Å². The third-order valence-corrected chi connectivity index (χ3v) is 3.34. The summed E-state index contributed by atoms with van der Waals surface area (Å²) < 4.78 is 13.8. The molecule has 0 aliphatic carbocycles. The van der Waals surface area contributed by atoms with Crippen molar-refractivity contribution in [1.29, 1.82) is 0 Å². The van der Waals surface area contributed by atoms with Gasteiger partial charge in [0.25, 0.3) is 0 Å². The lowest BCUT2D eigenvalue weighted by molar-refractivity contribution is -0.150. The molecule has 0 heterocycles. The van der Waals surface area contributed by atoms with Crippen molar-refractivity contribution in [2.45, 2.75) is 32.2 Å². The van der Waals surface area contributed by atoms with E-state index in [1.807, 2.05) is 0 Å². The number of aliphatic carboxylic acids is 1. The second-order valence-electron chi connectivity index (χ2n) is 5.04. The summed E-state index contributed by atoms with van der Waals surface area (Å²) in [4.78, 5) is 24.4. The van der Waals surface area contributed by atoms with Crippen LogP contribution in [-0.4, -0.2) is 35.0 Å². The van der Waals surface area contributed by atoms with Crippen molar-refractivity contribution in [1.82, 2.24) is 4.90 Å². The Labute approximate surface area is 111 Å². The van der Waals surface area contributed by atoms with Crippen molar-refractivity contribution in [3.05, 3.63) is 35.6 Å². The van der Waals surface area contributed by atoms with E-state index in [0.717, 1.165) is 4.90 Å². The highest BCUT2D eigenvalue weighted by Crippen LogP contribution is 2.28. The van der Waals surface area contributed by atoms with Crippen LogP contribution in [0.25, 0.3) is 0 Å². The Kier molecular flexibility index (Phi) is 4.29. The first-order valence-electron chi connectivity index (χ1n) is 5.94. The molecule has 4 nitrogen and oxygen atoms in total. The molecule has 0 aliphatic rings. The Bertz CT molecular complexity index is 499. The summed E-state index contributed by atoms with van der Waals surface area (Å²) >= 11 is 0. The van der Waals surface area contributed by atoms with Crippen LogP contribution < -0.4 is 0 Å². The number of carbonyl (C=O) groups is 2. The smallest absolute Gasteiger partial charge is 0.326 e. The molecule has 1 N–H and O–H groups in total. The minimum Gasteiger partial charge on any atom is -0.480 e. The summed E-state index contributed by atoms with van der Waals surface area (Å²) in [7, 11) is 1.41. The second-order valence-corrected chi connectivity index (χ2v) is 5.04. The number of benzene rings is 1. The molecule has 0 saturated heterocycles. The lowest BCUT2D eigenvalue weighted by Crippen LogP contribution is -2.48. The van der Waals surface area contributed by atoms with Crippen LogP contribution in [0.3, 0.4) is 0 Å². The van der Waals surface area contributed by atoms with E-state index in [9.17, 15) is 14.0 Å². The summed E-state index contributed by atoms with van der Waals surface area (Å²) in [5.74, 6) is -2.01. The van der Waals surface area contributed by atoms with Crippen molar-refractivity contribution in [3.8, 4) is 0 Å². The fourth-order valence-corrected chi connectivity index (χ4v) is 1.87. The molecule has 0 bridgehead atoms. The Morgan fingerprint density at radius 2 is 1.84 bits per heavy atom. The molecule has 0 fully saturated rings. The first-order chi connectivity index (χ1) is 8.69.